The molecule has 0 saturated heterocycles. The first-order chi connectivity index (χ1) is 18.0. The summed E-state index contributed by atoms with van der Waals surface area (Å²) in [4.78, 5) is 14.6. The Balaban J connectivity index is 1.45. The van der Waals surface area contributed by atoms with Crippen LogP contribution < -0.4 is 5.73 Å². The number of nitrogens with zero attached hydrogens (tertiary/aromatic N) is 4. The second kappa shape index (κ2) is 9.24. The molecule has 0 amide bonds. The molecule has 6 aromatic rings. The summed E-state index contributed by atoms with van der Waals surface area (Å²) in [6.45, 7) is 0.613. The van der Waals surface area contributed by atoms with Crippen molar-refractivity contribution in [2.24, 2.45) is 5.73 Å². The molecule has 6 rings (SSSR count). The molecule has 0 radical (unpaired) electrons. The minimum absolute atomic E-state index is 0.311. The molecule has 4 heterocycles. The molecule has 1 unspecified atom stereocenters. The van der Waals surface area contributed by atoms with E-state index in [2.05, 4.69) is 31.2 Å². The summed E-state index contributed by atoms with van der Waals surface area (Å²) >= 11 is 0. The molecular formula is C29H26FN7. The van der Waals surface area contributed by atoms with Crippen LogP contribution in [0.2, 0.25) is 0 Å². The number of pyridine rings is 2. The normalized spacial score (nSPS) is 12.6. The van der Waals surface area contributed by atoms with Gasteiger partial charge in [-0.1, -0.05) is 12.1 Å². The molecule has 4 aromatic heterocycles. The zero-order valence-electron chi connectivity index (χ0n) is 20.5. The maximum atomic E-state index is 14.7. The molecule has 0 fully saturated rings. The Morgan fingerprint density at radius 2 is 1.73 bits per heavy atom. The van der Waals surface area contributed by atoms with Gasteiger partial charge in [-0.2, -0.15) is 5.10 Å². The molecule has 0 aliphatic carbocycles. The summed E-state index contributed by atoms with van der Waals surface area (Å²) in [6, 6.07) is 20.5. The molecule has 37 heavy (non-hydrogen) atoms. The zero-order chi connectivity index (χ0) is 25.5. The van der Waals surface area contributed by atoms with Crippen LogP contribution in [0.4, 0.5) is 4.39 Å². The Bertz CT molecular complexity index is 1720. The molecule has 0 aliphatic rings. The maximum absolute atomic E-state index is 14.7. The number of hydrogen-bond acceptors (Lipinski definition) is 5. The number of nitrogens with one attached hydrogen (secondary N) is 2. The number of hydrogen-bond donors (Lipinski definition) is 3. The average Bonchev–Trinajstić information content (AvgIpc) is 3.52. The lowest BCUT2D eigenvalue weighted by Crippen LogP contribution is -2.26. The number of H-pyrrole nitrogens is 2. The van der Waals surface area contributed by atoms with Crippen molar-refractivity contribution in [2.75, 3.05) is 20.6 Å². The van der Waals surface area contributed by atoms with Crippen LogP contribution in [0.5, 0.6) is 0 Å². The third-order valence-electron chi connectivity index (χ3n) is 6.51. The molecule has 2 aromatic carbocycles. The van der Waals surface area contributed by atoms with Gasteiger partial charge in [-0.25, -0.2) is 4.39 Å². The Morgan fingerprint density at radius 1 is 0.865 bits per heavy atom. The van der Waals surface area contributed by atoms with E-state index in [0.717, 1.165) is 50.0 Å². The first-order valence-electron chi connectivity index (χ1n) is 12.0. The number of likely N-dealkylation sites (N-methyl/N-ethyl adjacent to an activating group) is 1. The maximum Gasteiger partial charge on any atom is 0.124 e. The van der Waals surface area contributed by atoms with Crippen LogP contribution in [-0.2, 0) is 0 Å². The van der Waals surface area contributed by atoms with Crippen LogP contribution in [0.3, 0.4) is 0 Å². The van der Waals surface area contributed by atoms with Crippen molar-refractivity contribution in [1.29, 1.82) is 0 Å². The van der Waals surface area contributed by atoms with Crippen LogP contribution in [-0.4, -0.2) is 50.7 Å². The Kier molecular flexibility index (Phi) is 5.75. The van der Waals surface area contributed by atoms with E-state index < -0.39 is 0 Å². The first kappa shape index (κ1) is 23.0. The third-order valence-corrected chi connectivity index (χ3v) is 6.51. The van der Waals surface area contributed by atoms with E-state index in [1.54, 1.807) is 12.4 Å². The molecule has 1 atom stereocenters. The Morgan fingerprint density at radius 3 is 2.54 bits per heavy atom. The predicted octanol–water partition coefficient (Wildman–Crippen LogP) is 5.54. The van der Waals surface area contributed by atoms with Crippen LogP contribution >= 0.6 is 0 Å². The largest absolute Gasteiger partial charge is 0.353 e. The fraction of sp³-hybridized carbons (Fsp3) is 0.138. The highest BCUT2D eigenvalue weighted by Crippen LogP contribution is 2.35. The average molecular weight is 492 g/mol. The van der Waals surface area contributed by atoms with E-state index in [-0.39, 0.29) is 11.9 Å². The first-order valence-corrected chi connectivity index (χ1v) is 12.0. The van der Waals surface area contributed by atoms with Gasteiger partial charge in [-0.05, 0) is 74.3 Å². The SMILES string of the molecule is CN(C)CC(N)c1cc(F)cc(-c2nccc3[nH]c(-c4n[nH]c5ccc(-c6ccccn6)cc45)cc23)c1. The highest BCUT2D eigenvalue weighted by atomic mass is 19.1. The fourth-order valence-electron chi connectivity index (χ4n) is 4.79. The summed E-state index contributed by atoms with van der Waals surface area (Å²) in [5.74, 6) is -0.336. The highest BCUT2D eigenvalue weighted by Gasteiger charge is 2.17. The molecule has 0 aliphatic heterocycles. The lowest BCUT2D eigenvalue weighted by atomic mass is 10.00. The molecular weight excluding hydrogens is 465 g/mol. The Labute approximate surface area is 213 Å². The van der Waals surface area contributed by atoms with Gasteiger partial charge in [0.2, 0.25) is 0 Å². The molecule has 8 heteroatoms. The smallest absolute Gasteiger partial charge is 0.124 e. The molecule has 0 spiro atoms. The molecule has 7 nitrogen and oxygen atoms in total. The topological polar surface area (TPSA) is 99.5 Å². The number of halogens is 1. The van der Waals surface area contributed by atoms with E-state index in [4.69, 9.17) is 5.73 Å². The minimum atomic E-state index is -0.336. The van der Waals surface area contributed by atoms with Gasteiger partial charge in [0.05, 0.1) is 22.6 Å². The van der Waals surface area contributed by atoms with Gasteiger partial charge < -0.3 is 15.6 Å². The fourth-order valence-corrected chi connectivity index (χ4v) is 4.79. The highest BCUT2D eigenvalue weighted by molar-refractivity contribution is 6.00. The number of aromatic nitrogens is 5. The lowest BCUT2D eigenvalue weighted by molar-refractivity contribution is 0.376. The number of benzene rings is 2. The number of aromatic amines is 2. The van der Waals surface area contributed by atoms with Crippen molar-refractivity contribution in [3.05, 3.63) is 90.5 Å². The Hall–Kier alpha value is -4.40. The second-order valence-corrected chi connectivity index (χ2v) is 9.49. The van der Waals surface area contributed by atoms with Gasteiger partial charge >= 0.3 is 0 Å². The van der Waals surface area contributed by atoms with Gasteiger partial charge in [0.1, 0.15) is 11.5 Å². The standard InChI is InChI=1S/C29H26FN7/c1-37(2)16-23(31)18-11-19(13-20(30)12-18)28-22-15-27(34-25(22)8-10-33-28)29-21-14-17(6-7-26(21)35-36-29)24-5-3-4-9-32-24/h3-15,23,34H,16,31H2,1-2H3,(H,35,36). The summed E-state index contributed by atoms with van der Waals surface area (Å²) in [5, 5.41) is 9.58. The van der Waals surface area contributed by atoms with E-state index in [0.29, 0.717) is 17.8 Å². The van der Waals surface area contributed by atoms with E-state index >= 15 is 0 Å². The van der Waals surface area contributed by atoms with Crippen LogP contribution in [0.15, 0.2) is 79.1 Å². The van der Waals surface area contributed by atoms with Gasteiger partial charge in [0.15, 0.2) is 0 Å². The van der Waals surface area contributed by atoms with Crippen LogP contribution in [0.25, 0.3) is 55.7 Å². The second-order valence-electron chi connectivity index (χ2n) is 9.49. The summed E-state index contributed by atoms with van der Waals surface area (Å²) < 4.78 is 14.7. The van der Waals surface area contributed by atoms with Gasteiger partial charge in [-0.15, -0.1) is 0 Å². The molecule has 184 valence electrons. The van der Waals surface area contributed by atoms with Crippen LogP contribution in [0, 0.1) is 5.82 Å². The molecule has 4 N–H and O–H groups in total. The van der Waals surface area contributed by atoms with Crippen LogP contribution in [0.1, 0.15) is 11.6 Å². The van der Waals surface area contributed by atoms with Crippen molar-refractivity contribution in [3.63, 3.8) is 0 Å². The van der Waals surface area contributed by atoms with E-state index in [9.17, 15) is 4.39 Å². The van der Waals surface area contributed by atoms with Gasteiger partial charge in [0, 0.05) is 52.4 Å². The molecule has 0 saturated carbocycles. The predicted molar refractivity (Wildman–Crippen MR) is 145 cm³/mol. The zero-order valence-corrected chi connectivity index (χ0v) is 20.5. The summed E-state index contributed by atoms with van der Waals surface area (Å²) in [6.07, 6.45) is 3.51. The van der Waals surface area contributed by atoms with Crippen molar-refractivity contribution in [2.45, 2.75) is 6.04 Å². The third kappa shape index (κ3) is 4.37. The van der Waals surface area contributed by atoms with Gasteiger partial charge in [-0.3, -0.25) is 15.1 Å². The number of nitrogens with two attached hydrogens (primary N) is 1. The lowest BCUT2D eigenvalue weighted by Gasteiger charge is -2.18. The van der Waals surface area contributed by atoms with Crippen molar-refractivity contribution < 1.29 is 4.39 Å². The number of rotatable bonds is 6. The van der Waals surface area contributed by atoms with Crippen molar-refractivity contribution in [1.82, 2.24) is 30.0 Å². The van der Waals surface area contributed by atoms with Crippen molar-refractivity contribution in [3.8, 4) is 33.9 Å². The quantitative estimate of drug-likeness (QED) is 0.284. The summed E-state index contributed by atoms with van der Waals surface area (Å²) in [5.41, 5.74) is 13.8. The summed E-state index contributed by atoms with van der Waals surface area (Å²) in [7, 11) is 3.89. The van der Waals surface area contributed by atoms with E-state index in [1.165, 1.54) is 12.1 Å². The van der Waals surface area contributed by atoms with Gasteiger partial charge in [0.25, 0.3) is 0 Å². The van der Waals surface area contributed by atoms with E-state index in [1.807, 2.05) is 67.5 Å². The molecule has 0 bridgehead atoms. The van der Waals surface area contributed by atoms with Crippen molar-refractivity contribution >= 4 is 21.8 Å². The monoisotopic (exact) mass is 491 g/mol. The minimum Gasteiger partial charge on any atom is -0.353 e. The number of fused-ring (bicyclic) bond motifs is 2.